The summed E-state index contributed by atoms with van der Waals surface area (Å²) in [4.78, 5) is 16.1. The van der Waals surface area contributed by atoms with E-state index in [1.807, 2.05) is 0 Å². The zero-order valence-corrected chi connectivity index (χ0v) is 13.3. The molecule has 2 rings (SSSR count). The third-order valence-electron chi connectivity index (χ3n) is 2.88. The maximum absolute atomic E-state index is 12.2. The number of rotatable bonds is 3. The summed E-state index contributed by atoms with van der Waals surface area (Å²) in [5.41, 5.74) is 6.94. The highest BCUT2D eigenvalue weighted by atomic mass is 35.5. The highest BCUT2D eigenvalue weighted by Gasteiger charge is 2.17. The number of nitrogens with zero attached hydrogens (tertiary/aromatic N) is 1. The summed E-state index contributed by atoms with van der Waals surface area (Å²) in [5.74, 6) is -0.377. The third-order valence-corrected chi connectivity index (χ3v) is 3.75. The van der Waals surface area contributed by atoms with Crippen LogP contribution in [0.3, 0.4) is 0 Å². The molecule has 1 unspecified atom stereocenters. The molecule has 110 valence electrons. The van der Waals surface area contributed by atoms with Gasteiger partial charge in [-0.25, -0.2) is 4.98 Å². The van der Waals surface area contributed by atoms with Crippen molar-refractivity contribution in [2.75, 3.05) is 5.73 Å². The van der Waals surface area contributed by atoms with Crippen LogP contribution in [0, 0.1) is 0 Å². The van der Waals surface area contributed by atoms with Crippen molar-refractivity contribution in [3.05, 3.63) is 56.8 Å². The predicted octanol–water partition coefficient (Wildman–Crippen LogP) is 4.12. The van der Waals surface area contributed by atoms with Crippen molar-refractivity contribution >= 4 is 46.4 Å². The number of carbonyl (C=O) groups is 1. The molecule has 2 aromatic rings. The minimum Gasteiger partial charge on any atom is -0.397 e. The van der Waals surface area contributed by atoms with Crippen LogP contribution in [0.5, 0.6) is 0 Å². The highest BCUT2D eigenvalue weighted by molar-refractivity contribution is 6.35. The molecule has 0 saturated carbocycles. The van der Waals surface area contributed by atoms with E-state index < -0.39 is 0 Å². The Morgan fingerprint density at radius 2 is 2.00 bits per heavy atom. The largest absolute Gasteiger partial charge is 0.397 e. The molecule has 0 aliphatic heterocycles. The number of aromatic nitrogens is 1. The number of hydrogen-bond donors (Lipinski definition) is 2. The van der Waals surface area contributed by atoms with Gasteiger partial charge in [-0.05, 0) is 30.7 Å². The number of hydrogen-bond acceptors (Lipinski definition) is 3. The van der Waals surface area contributed by atoms with Crippen molar-refractivity contribution in [3.63, 3.8) is 0 Å². The lowest BCUT2D eigenvalue weighted by atomic mass is 10.1. The van der Waals surface area contributed by atoms with Crippen LogP contribution in [0.2, 0.25) is 15.2 Å². The van der Waals surface area contributed by atoms with E-state index in [2.05, 4.69) is 10.3 Å². The van der Waals surface area contributed by atoms with E-state index >= 15 is 0 Å². The van der Waals surface area contributed by atoms with Gasteiger partial charge >= 0.3 is 0 Å². The highest BCUT2D eigenvalue weighted by Crippen LogP contribution is 2.26. The van der Waals surface area contributed by atoms with Gasteiger partial charge in [-0.3, -0.25) is 4.79 Å². The molecule has 1 aromatic carbocycles. The maximum Gasteiger partial charge on any atom is 0.254 e. The molecule has 21 heavy (non-hydrogen) atoms. The summed E-state index contributed by atoms with van der Waals surface area (Å²) in [6.07, 6.45) is 1.39. The maximum atomic E-state index is 12.2. The van der Waals surface area contributed by atoms with Gasteiger partial charge < -0.3 is 11.1 Å². The van der Waals surface area contributed by atoms with Crippen molar-refractivity contribution in [2.45, 2.75) is 13.0 Å². The van der Waals surface area contributed by atoms with Crippen LogP contribution in [0.25, 0.3) is 0 Å². The summed E-state index contributed by atoms with van der Waals surface area (Å²) in [6.45, 7) is 1.81. The van der Waals surface area contributed by atoms with Crippen molar-refractivity contribution in [2.24, 2.45) is 0 Å². The van der Waals surface area contributed by atoms with Crippen LogP contribution in [-0.2, 0) is 0 Å². The zero-order valence-electron chi connectivity index (χ0n) is 11.0. The fourth-order valence-electron chi connectivity index (χ4n) is 1.83. The Bertz CT molecular complexity index is 691. The number of nitrogens with one attached hydrogen (secondary N) is 1. The standard InChI is InChI=1S/C14H12Cl3N3O/c1-7(10-3-2-8(15)4-12(10)16)20-14(21)11-5-9(18)6-19-13(11)17/h2-7H,18H2,1H3,(H,20,21). The smallest absolute Gasteiger partial charge is 0.254 e. The molecule has 0 spiro atoms. The van der Waals surface area contributed by atoms with Crippen LogP contribution in [0.1, 0.15) is 28.9 Å². The van der Waals surface area contributed by atoms with E-state index in [4.69, 9.17) is 40.5 Å². The molecular weight excluding hydrogens is 333 g/mol. The summed E-state index contributed by atoms with van der Waals surface area (Å²) in [6, 6.07) is 6.24. The number of benzene rings is 1. The average Bonchev–Trinajstić information content (AvgIpc) is 2.41. The molecule has 1 heterocycles. The SMILES string of the molecule is CC(NC(=O)c1cc(N)cnc1Cl)c1ccc(Cl)cc1Cl. The van der Waals surface area contributed by atoms with Gasteiger partial charge in [0.1, 0.15) is 5.15 Å². The van der Waals surface area contributed by atoms with Gasteiger partial charge in [0.25, 0.3) is 5.91 Å². The van der Waals surface area contributed by atoms with Crippen LogP contribution in [-0.4, -0.2) is 10.9 Å². The molecule has 3 N–H and O–H groups in total. The van der Waals surface area contributed by atoms with E-state index in [-0.39, 0.29) is 22.7 Å². The first-order chi connectivity index (χ1) is 9.88. The number of pyridine rings is 1. The van der Waals surface area contributed by atoms with Gasteiger partial charge in [-0.15, -0.1) is 0 Å². The Morgan fingerprint density at radius 1 is 1.29 bits per heavy atom. The molecule has 0 bridgehead atoms. The molecule has 0 radical (unpaired) electrons. The van der Waals surface area contributed by atoms with Crippen LogP contribution in [0.15, 0.2) is 30.5 Å². The quantitative estimate of drug-likeness (QED) is 0.823. The summed E-state index contributed by atoms with van der Waals surface area (Å²) in [5, 5.41) is 3.90. The Morgan fingerprint density at radius 3 is 2.67 bits per heavy atom. The zero-order chi connectivity index (χ0) is 15.6. The van der Waals surface area contributed by atoms with Crippen LogP contribution < -0.4 is 11.1 Å². The van der Waals surface area contributed by atoms with Crippen molar-refractivity contribution in [3.8, 4) is 0 Å². The third kappa shape index (κ3) is 3.79. The van der Waals surface area contributed by atoms with E-state index in [1.165, 1.54) is 12.3 Å². The number of nitrogens with two attached hydrogens (primary N) is 1. The molecule has 0 saturated heterocycles. The first-order valence-electron chi connectivity index (χ1n) is 6.05. The van der Waals surface area contributed by atoms with E-state index in [1.54, 1.807) is 25.1 Å². The molecule has 1 aromatic heterocycles. The van der Waals surface area contributed by atoms with Gasteiger partial charge in [0.2, 0.25) is 0 Å². The number of halogens is 3. The fraction of sp³-hybridized carbons (Fsp3) is 0.143. The van der Waals surface area contributed by atoms with Gasteiger partial charge in [0, 0.05) is 10.0 Å². The Labute approximate surface area is 137 Å². The lowest BCUT2D eigenvalue weighted by molar-refractivity contribution is 0.0940. The molecule has 0 aliphatic carbocycles. The first kappa shape index (κ1) is 15.9. The molecular formula is C14H12Cl3N3O. The summed E-state index contributed by atoms with van der Waals surface area (Å²) in [7, 11) is 0. The van der Waals surface area contributed by atoms with E-state index in [9.17, 15) is 4.79 Å². The van der Waals surface area contributed by atoms with Gasteiger partial charge in [-0.2, -0.15) is 0 Å². The summed E-state index contributed by atoms with van der Waals surface area (Å²) >= 11 is 17.9. The fourth-order valence-corrected chi connectivity index (χ4v) is 2.59. The Balaban J connectivity index is 2.20. The minimum absolute atomic E-state index is 0.0936. The van der Waals surface area contributed by atoms with Crippen molar-refractivity contribution in [1.82, 2.24) is 10.3 Å². The lowest BCUT2D eigenvalue weighted by Gasteiger charge is -2.16. The van der Waals surface area contributed by atoms with Gasteiger partial charge in [-0.1, -0.05) is 40.9 Å². The van der Waals surface area contributed by atoms with E-state index in [0.29, 0.717) is 15.7 Å². The van der Waals surface area contributed by atoms with Crippen molar-refractivity contribution < 1.29 is 4.79 Å². The monoisotopic (exact) mass is 343 g/mol. The predicted molar refractivity (Wildman–Crippen MR) is 86.0 cm³/mol. The topological polar surface area (TPSA) is 68.0 Å². The lowest BCUT2D eigenvalue weighted by Crippen LogP contribution is -2.27. The normalized spacial score (nSPS) is 12.0. The molecule has 1 amide bonds. The van der Waals surface area contributed by atoms with Crippen LogP contribution >= 0.6 is 34.8 Å². The molecule has 1 atom stereocenters. The minimum atomic E-state index is -0.377. The number of amides is 1. The second-order valence-electron chi connectivity index (χ2n) is 4.47. The van der Waals surface area contributed by atoms with Crippen LogP contribution in [0.4, 0.5) is 5.69 Å². The molecule has 0 fully saturated rings. The number of nitrogen functional groups attached to an aromatic ring is 1. The summed E-state index contributed by atoms with van der Waals surface area (Å²) < 4.78 is 0. The average molecular weight is 345 g/mol. The second-order valence-corrected chi connectivity index (χ2v) is 5.67. The molecule has 7 heteroatoms. The van der Waals surface area contributed by atoms with Gasteiger partial charge in [0.05, 0.1) is 23.5 Å². The Kier molecular flexibility index (Phi) is 4.93. The molecule has 0 aliphatic rings. The Hall–Kier alpha value is -1.49. The second kappa shape index (κ2) is 6.52. The first-order valence-corrected chi connectivity index (χ1v) is 7.18. The van der Waals surface area contributed by atoms with Gasteiger partial charge in [0.15, 0.2) is 0 Å². The molecule has 4 nitrogen and oxygen atoms in total. The van der Waals surface area contributed by atoms with E-state index in [0.717, 1.165) is 5.56 Å². The number of carbonyl (C=O) groups excluding carboxylic acids is 1. The number of anilines is 1. The van der Waals surface area contributed by atoms with Crippen molar-refractivity contribution in [1.29, 1.82) is 0 Å².